The summed E-state index contributed by atoms with van der Waals surface area (Å²) in [4.78, 5) is 11.5. The maximum absolute atomic E-state index is 6.56. The lowest BCUT2D eigenvalue weighted by Crippen LogP contribution is -2.45. The van der Waals surface area contributed by atoms with Gasteiger partial charge in [0.1, 0.15) is 11.9 Å². The average molecular weight is 412 g/mol. The van der Waals surface area contributed by atoms with Gasteiger partial charge in [-0.25, -0.2) is 4.98 Å². The first kappa shape index (κ1) is 20.7. The molecule has 1 aliphatic carbocycles. The van der Waals surface area contributed by atoms with Gasteiger partial charge in [0.15, 0.2) is 11.5 Å². The van der Waals surface area contributed by atoms with Crippen LogP contribution in [-0.4, -0.2) is 54.8 Å². The van der Waals surface area contributed by atoms with Crippen molar-refractivity contribution in [1.82, 2.24) is 14.9 Å². The Morgan fingerprint density at radius 2 is 1.90 bits per heavy atom. The second-order valence-electron chi connectivity index (χ2n) is 8.31. The third-order valence-corrected chi connectivity index (χ3v) is 6.09. The van der Waals surface area contributed by atoms with Crippen LogP contribution in [0.1, 0.15) is 37.8 Å². The van der Waals surface area contributed by atoms with Crippen LogP contribution in [0.25, 0.3) is 0 Å². The molecule has 2 N–H and O–H groups in total. The molecule has 2 aliphatic rings. The quantitative estimate of drug-likeness (QED) is 0.674. The summed E-state index contributed by atoms with van der Waals surface area (Å²) in [6.07, 6.45) is 6.43. The first-order valence-corrected chi connectivity index (χ1v) is 11.0. The van der Waals surface area contributed by atoms with Crippen molar-refractivity contribution in [2.24, 2.45) is 5.92 Å². The molecule has 1 aromatic carbocycles. The Kier molecular flexibility index (Phi) is 6.57. The van der Waals surface area contributed by atoms with Gasteiger partial charge in [-0.05, 0) is 57.8 Å². The largest absolute Gasteiger partial charge is 0.493 e. The lowest BCUT2D eigenvalue weighted by atomic mass is 9.85. The second kappa shape index (κ2) is 9.51. The van der Waals surface area contributed by atoms with Crippen LogP contribution in [0.5, 0.6) is 11.5 Å². The van der Waals surface area contributed by atoms with Crippen molar-refractivity contribution in [2.45, 2.75) is 45.1 Å². The normalized spacial score (nSPS) is 21.6. The number of nitrogens with zero attached hydrogens (tertiary/aromatic N) is 3. The first-order chi connectivity index (χ1) is 14.6. The fourth-order valence-electron chi connectivity index (χ4n) is 4.32. The number of rotatable bonds is 8. The van der Waals surface area contributed by atoms with Gasteiger partial charge in [0.25, 0.3) is 0 Å². The van der Waals surface area contributed by atoms with Gasteiger partial charge in [0, 0.05) is 43.0 Å². The number of ether oxygens (including phenoxy) is 2. The van der Waals surface area contributed by atoms with Gasteiger partial charge >= 0.3 is 0 Å². The molecule has 162 valence electrons. The lowest BCUT2D eigenvalue weighted by Gasteiger charge is -2.39. The monoisotopic (exact) mass is 411 g/mol. The van der Waals surface area contributed by atoms with Gasteiger partial charge in [-0.3, -0.25) is 0 Å². The van der Waals surface area contributed by atoms with Gasteiger partial charge in [-0.2, -0.15) is 4.98 Å². The molecule has 2 heterocycles. The molecule has 1 saturated carbocycles. The van der Waals surface area contributed by atoms with Crippen molar-refractivity contribution >= 4 is 17.5 Å². The molecule has 2 fully saturated rings. The predicted molar refractivity (Wildman–Crippen MR) is 120 cm³/mol. The minimum atomic E-state index is 0.231. The number of hydrogen-bond acceptors (Lipinski definition) is 7. The molecular formula is C23H33N5O2. The van der Waals surface area contributed by atoms with Gasteiger partial charge < -0.3 is 25.0 Å². The highest BCUT2D eigenvalue weighted by Crippen LogP contribution is 2.36. The van der Waals surface area contributed by atoms with E-state index in [1.54, 1.807) is 7.11 Å². The predicted octanol–water partition coefficient (Wildman–Crippen LogP) is 4.22. The third-order valence-electron chi connectivity index (χ3n) is 6.09. The Labute approximate surface area is 179 Å². The average Bonchev–Trinajstić information content (AvgIpc) is 2.71. The first-order valence-electron chi connectivity index (χ1n) is 11.0. The second-order valence-corrected chi connectivity index (χ2v) is 8.31. The number of hydrogen-bond donors (Lipinski definition) is 2. The summed E-state index contributed by atoms with van der Waals surface area (Å²) in [5, 5.41) is 6.37. The maximum atomic E-state index is 6.56. The van der Waals surface area contributed by atoms with Crippen LogP contribution in [0.4, 0.5) is 17.5 Å². The number of methoxy groups -OCH3 is 1. The van der Waals surface area contributed by atoms with Crippen LogP contribution >= 0.6 is 0 Å². The molecule has 0 spiro atoms. The topological polar surface area (TPSA) is 71.5 Å². The van der Waals surface area contributed by atoms with E-state index in [-0.39, 0.29) is 6.10 Å². The Morgan fingerprint density at radius 1 is 1.07 bits per heavy atom. The highest BCUT2D eigenvalue weighted by atomic mass is 16.5. The molecule has 4 rings (SSSR count). The van der Waals surface area contributed by atoms with Crippen molar-refractivity contribution in [2.75, 3.05) is 44.4 Å². The smallest absolute Gasteiger partial charge is 0.229 e. The number of nitrogens with one attached hydrogen (secondary N) is 2. The summed E-state index contributed by atoms with van der Waals surface area (Å²) in [7, 11) is 3.54. The van der Waals surface area contributed by atoms with Gasteiger partial charge in [-0.15, -0.1) is 0 Å². The van der Waals surface area contributed by atoms with Crippen LogP contribution in [0.15, 0.2) is 24.3 Å². The molecular weight excluding hydrogens is 378 g/mol. The Balaban J connectivity index is 1.51. The minimum absolute atomic E-state index is 0.231. The number of likely N-dealkylation sites (tertiary alicyclic amines) is 1. The van der Waals surface area contributed by atoms with E-state index in [2.05, 4.69) is 25.5 Å². The van der Waals surface area contributed by atoms with E-state index in [1.165, 1.54) is 38.8 Å². The maximum Gasteiger partial charge on any atom is 0.229 e. The molecule has 2 aromatic rings. The Morgan fingerprint density at radius 3 is 2.63 bits per heavy atom. The van der Waals surface area contributed by atoms with Gasteiger partial charge in [-0.1, -0.05) is 6.42 Å². The molecule has 1 saturated heterocycles. The Bertz CT molecular complexity index is 855. The van der Waals surface area contributed by atoms with Crippen LogP contribution in [0.3, 0.4) is 0 Å². The third kappa shape index (κ3) is 4.95. The minimum Gasteiger partial charge on any atom is -0.493 e. The fourth-order valence-corrected chi connectivity index (χ4v) is 4.32. The van der Waals surface area contributed by atoms with E-state index >= 15 is 0 Å². The molecule has 7 heteroatoms. The number of benzene rings is 1. The standard InChI is InChI=1S/C23H33N5O2/c1-16-13-22(24-2)27-23(25-16)26-18-9-10-20(29-3)21(14-18)30-19-8-5-4-7-17(19)15-28-11-6-12-28/h9-10,13-14,17,19H,4-8,11-12,15H2,1-3H3,(H2,24,25,26,27)/t17-,19-/m1/s1. The molecule has 1 aliphatic heterocycles. The van der Waals surface area contributed by atoms with Crippen molar-refractivity contribution < 1.29 is 9.47 Å². The highest BCUT2D eigenvalue weighted by molar-refractivity contribution is 5.60. The number of anilines is 3. The van der Waals surface area contributed by atoms with Crippen LogP contribution in [0.2, 0.25) is 0 Å². The molecule has 0 bridgehead atoms. The summed E-state index contributed by atoms with van der Waals surface area (Å²) < 4.78 is 12.2. The summed E-state index contributed by atoms with van der Waals surface area (Å²) in [5.41, 5.74) is 1.78. The van der Waals surface area contributed by atoms with E-state index in [0.717, 1.165) is 41.7 Å². The number of aromatic nitrogens is 2. The molecule has 1 aromatic heterocycles. The van der Waals surface area contributed by atoms with E-state index in [0.29, 0.717) is 11.9 Å². The van der Waals surface area contributed by atoms with E-state index in [1.807, 2.05) is 38.2 Å². The van der Waals surface area contributed by atoms with Crippen molar-refractivity contribution in [3.05, 3.63) is 30.0 Å². The molecule has 0 amide bonds. The lowest BCUT2D eigenvalue weighted by molar-refractivity contribution is 0.0464. The van der Waals surface area contributed by atoms with Crippen molar-refractivity contribution in [1.29, 1.82) is 0 Å². The Hall–Kier alpha value is -2.54. The van der Waals surface area contributed by atoms with Crippen LogP contribution < -0.4 is 20.1 Å². The SMILES string of the molecule is CNc1cc(C)nc(Nc2ccc(OC)c(O[C@@H]3CCCC[C@@H]3CN3CCC3)c2)n1. The molecule has 0 unspecified atom stereocenters. The zero-order chi connectivity index (χ0) is 20.9. The zero-order valence-electron chi connectivity index (χ0n) is 18.3. The van der Waals surface area contributed by atoms with Crippen LogP contribution in [0, 0.1) is 12.8 Å². The molecule has 7 nitrogen and oxygen atoms in total. The van der Waals surface area contributed by atoms with Gasteiger partial charge in [0.05, 0.1) is 7.11 Å². The summed E-state index contributed by atoms with van der Waals surface area (Å²) >= 11 is 0. The molecule has 30 heavy (non-hydrogen) atoms. The summed E-state index contributed by atoms with van der Waals surface area (Å²) in [6, 6.07) is 7.82. The van der Waals surface area contributed by atoms with Crippen molar-refractivity contribution in [3.8, 4) is 11.5 Å². The molecule has 0 radical (unpaired) electrons. The highest BCUT2D eigenvalue weighted by Gasteiger charge is 2.30. The van der Waals surface area contributed by atoms with E-state index < -0.39 is 0 Å². The number of aryl methyl sites for hydroxylation is 1. The van der Waals surface area contributed by atoms with Gasteiger partial charge in [0.2, 0.25) is 5.95 Å². The van der Waals surface area contributed by atoms with E-state index in [9.17, 15) is 0 Å². The fraction of sp³-hybridized carbons (Fsp3) is 0.565. The van der Waals surface area contributed by atoms with Crippen LogP contribution in [-0.2, 0) is 0 Å². The summed E-state index contributed by atoms with van der Waals surface area (Å²) in [5.74, 6) is 3.47. The molecule has 2 atom stereocenters. The van der Waals surface area contributed by atoms with E-state index in [4.69, 9.17) is 9.47 Å². The van der Waals surface area contributed by atoms with Crippen molar-refractivity contribution in [3.63, 3.8) is 0 Å². The summed E-state index contributed by atoms with van der Waals surface area (Å²) in [6.45, 7) is 5.57. The zero-order valence-corrected chi connectivity index (χ0v) is 18.3.